The number of nitrogens with one attached hydrogen (secondary N) is 1. The van der Waals surface area contributed by atoms with Crippen LogP contribution in [0.5, 0.6) is 11.5 Å². The molecule has 1 aliphatic rings. The second kappa shape index (κ2) is 6.51. The number of hydrogen-bond acceptors (Lipinski definition) is 4. The number of rotatable bonds is 2. The highest BCUT2D eigenvalue weighted by atomic mass is 16.6. The van der Waals surface area contributed by atoms with Crippen LogP contribution in [0.25, 0.3) is 0 Å². The van der Waals surface area contributed by atoms with Crippen LogP contribution in [-0.4, -0.2) is 23.2 Å². The topological polar surface area (TPSA) is 60.5 Å². The molecule has 1 aliphatic heterocycles. The van der Waals surface area contributed by atoms with Gasteiger partial charge in [0.15, 0.2) is 0 Å². The average Bonchev–Trinajstić information content (AvgIpc) is 2.67. The van der Waals surface area contributed by atoms with Crippen molar-refractivity contribution in [2.45, 2.75) is 38.7 Å². The number of benzene rings is 1. The summed E-state index contributed by atoms with van der Waals surface area (Å²) in [5, 5.41) is 2.86. The first-order chi connectivity index (χ1) is 11.4. The van der Waals surface area contributed by atoms with E-state index in [9.17, 15) is 4.79 Å². The Bertz CT molecular complexity index is 737. The summed E-state index contributed by atoms with van der Waals surface area (Å²) < 4.78 is 11.3. The van der Waals surface area contributed by atoms with Crippen LogP contribution in [0.4, 0.5) is 4.79 Å². The fraction of sp³-hybridized carbons (Fsp3) is 0.368. The molecule has 1 N–H and O–H groups in total. The van der Waals surface area contributed by atoms with Gasteiger partial charge in [-0.25, -0.2) is 4.79 Å². The third-order valence-corrected chi connectivity index (χ3v) is 3.76. The van der Waals surface area contributed by atoms with Gasteiger partial charge < -0.3 is 14.8 Å². The lowest BCUT2D eigenvalue weighted by Crippen LogP contribution is -2.35. The Labute approximate surface area is 142 Å². The molecule has 2 heterocycles. The van der Waals surface area contributed by atoms with Gasteiger partial charge in [-0.15, -0.1) is 0 Å². The Hall–Kier alpha value is -2.56. The maximum absolute atomic E-state index is 12.0. The lowest BCUT2D eigenvalue weighted by atomic mass is 9.94. The fourth-order valence-electron chi connectivity index (χ4n) is 2.74. The van der Waals surface area contributed by atoms with Crippen molar-refractivity contribution in [3.05, 3.63) is 53.9 Å². The van der Waals surface area contributed by atoms with Gasteiger partial charge in [0.2, 0.25) is 0 Å². The van der Waals surface area contributed by atoms with Gasteiger partial charge in [-0.2, -0.15) is 0 Å². The molecule has 1 amide bonds. The summed E-state index contributed by atoms with van der Waals surface area (Å²) in [4.78, 5) is 16.4. The molecule has 2 aromatic rings. The van der Waals surface area contributed by atoms with Gasteiger partial charge in [0.1, 0.15) is 17.1 Å². The van der Waals surface area contributed by atoms with E-state index in [-0.39, 0.29) is 5.92 Å². The van der Waals surface area contributed by atoms with E-state index < -0.39 is 11.7 Å². The summed E-state index contributed by atoms with van der Waals surface area (Å²) in [6.45, 7) is 6.01. The number of para-hydroxylation sites is 1. The van der Waals surface area contributed by atoms with E-state index in [1.54, 1.807) is 6.20 Å². The first-order valence-corrected chi connectivity index (χ1v) is 8.10. The van der Waals surface area contributed by atoms with Gasteiger partial charge in [0.05, 0.1) is 5.69 Å². The van der Waals surface area contributed by atoms with E-state index in [1.807, 2.05) is 57.2 Å². The number of amides is 1. The number of alkyl carbamates (subject to hydrolysis) is 1. The number of fused-ring (bicyclic) bond motifs is 2. The Kier molecular flexibility index (Phi) is 4.42. The van der Waals surface area contributed by atoms with Gasteiger partial charge in [-0.3, -0.25) is 4.98 Å². The summed E-state index contributed by atoms with van der Waals surface area (Å²) in [6.07, 6.45) is 2.05. The lowest BCUT2D eigenvalue weighted by Gasteiger charge is -2.22. The van der Waals surface area contributed by atoms with Crippen LogP contribution in [0.3, 0.4) is 0 Å². The minimum absolute atomic E-state index is 0.0740. The van der Waals surface area contributed by atoms with Crippen molar-refractivity contribution >= 4 is 6.09 Å². The van der Waals surface area contributed by atoms with Gasteiger partial charge in [-0.1, -0.05) is 18.2 Å². The van der Waals surface area contributed by atoms with E-state index >= 15 is 0 Å². The molecule has 5 heteroatoms. The summed E-state index contributed by atoms with van der Waals surface area (Å²) in [5.74, 6) is 1.65. The molecule has 0 saturated heterocycles. The zero-order chi connectivity index (χ0) is 17.2. The van der Waals surface area contributed by atoms with E-state index in [2.05, 4.69) is 10.3 Å². The van der Waals surface area contributed by atoms with Crippen molar-refractivity contribution in [2.24, 2.45) is 0 Å². The van der Waals surface area contributed by atoms with E-state index in [0.29, 0.717) is 13.0 Å². The predicted molar refractivity (Wildman–Crippen MR) is 91.4 cm³/mol. The number of carbonyl (C=O) groups is 1. The molecular formula is C19H22N2O3. The van der Waals surface area contributed by atoms with Crippen molar-refractivity contribution in [3.63, 3.8) is 0 Å². The zero-order valence-corrected chi connectivity index (χ0v) is 14.2. The minimum Gasteiger partial charge on any atom is -0.455 e. The summed E-state index contributed by atoms with van der Waals surface area (Å²) in [6, 6.07) is 11.7. The van der Waals surface area contributed by atoms with E-state index in [1.165, 1.54) is 0 Å². The van der Waals surface area contributed by atoms with Crippen molar-refractivity contribution < 1.29 is 14.3 Å². The van der Waals surface area contributed by atoms with Gasteiger partial charge in [0.25, 0.3) is 0 Å². The van der Waals surface area contributed by atoms with Crippen molar-refractivity contribution in [1.82, 2.24) is 10.3 Å². The molecule has 0 fully saturated rings. The van der Waals surface area contributed by atoms with Crippen LogP contribution in [0.15, 0.2) is 42.6 Å². The van der Waals surface area contributed by atoms with Crippen molar-refractivity contribution in [2.75, 3.05) is 6.54 Å². The minimum atomic E-state index is -0.511. The molecule has 126 valence electrons. The number of aromatic nitrogens is 1. The molecule has 0 spiro atoms. The lowest BCUT2D eigenvalue weighted by molar-refractivity contribution is 0.0524. The maximum Gasteiger partial charge on any atom is 0.407 e. The van der Waals surface area contributed by atoms with Gasteiger partial charge in [0, 0.05) is 30.6 Å². The number of nitrogens with zero attached hydrogens (tertiary/aromatic N) is 1. The standard InChI is InChI=1S/C19H22N2O3/c1-19(2,3)24-18(22)21-12-13-11-15-17(9-6-10-20-15)23-16-8-5-4-7-14(13)16/h4-10,13H,11-12H2,1-3H3,(H,21,22). The maximum atomic E-state index is 12.0. The average molecular weight is 326 g/mol. The third-order valence-electron chi connectivity index (χ3n) is 3.76. The van der Waals surface area contributed by atoms with Crippen LogP contribution in [0.2, 0.25) is 0 Å². The van der Waals surface area contributed by atoms with Crippen molar-refractivity contribution in [1.29, 1.82) is 0 Å². The fourth-order valence-corrected chi connectivity index (χ4v) is 2.74. The molecule has 5 nitrogen and oxygen atoms in total. The van der Waals surface area contributed by atoms with Crippen molar-refractivity contribution in [3.8, 4) is 11.5 Å². The summed E-state index contributed by atoms with van der Waals surface area (Å²) >= 11 is 0. The van der Waals surface area contributed by atoms with Crippen LogP contribution in [0.1, 0.15) is 37.9 Å². The Balaban J connectivity index is 1.80. The van der Waals surface area contributed by atoms with Gasteiger partial charge >= 0.3 is 6.09 Å². The molecule has 0 radical (unpaired) electrons. The molecule has 0 saturated carbocycles. The summed E-state index contributed by atoms with van der Waals surface area (Å²) in [7, 11) is 0. The Morgan fingerprint density at radius 2 is 2.00 bits per heavy atom. The number of carbonyl (C=O) groups excluding carboxylic acids is 1. The van der Waals surface area contributed by atoms with E-state index in [0.717, 1.165) is 22.8 Å². The number of ether oxygens (including phenoxy) is 2. The third kappa shape index (κ3) is 3.85. The van der Waals surface area contributed by atoms with Crippen LogP contribution >= 0.6 is 0 Å². The number of hydrogen-bond donors (Lipinski definition) is 1. The molecule has 1 unspecified atom stereocenters. The first kappa shape index (κ1) is 16.3. The Morgan fingerprint density at radius 3 is 2.79 bits per heavy atom. The first-order valence-electron chi connectivity index (χ1n) is 8.10. The highest BCUT2D eigenvalue weighted by Crippen LogP contribution is 2.38. The molecule has 24 heavy (non-hydrogen) atoms. The summed E-state index contributed by atoms with van der Waals surface area (Å²) in [5.41, 5.74) is 1.44. The smallest absolute Gasteiger partial charge is 0.407 e. The highest BCUT2D eigenvalue weighted by molar-refractivity contribution is 5.67. The van der Waals surface area contributed by atoms with Crippen LogP contribution in [-0.2, 0) is 11.2 Å². The molecule has 3 rings (SSSR count). The molecule has 1 atom stereocenters. The largest absolute Gasteiger partial charge is 0.455 e. The second-order valence-electron chi connectivity index (χ2n) is 6.87. The van der Waals surface area contributed by atoms with E-state index in [4.69, 9.17) is 9.47 Å². The SMILES string of the molecule is CC(C)(C)OC(=O)NCC1Cc2ncccc2Oc2ccccc21. The van der Waals surface area contributed by atoms with Crippen LogP contribution < -0.4 is 10.1 Å². The van der Waals surface area contributed by atoms with Gasteiger partial charge in [-0.05, 0) is 39.0 Å². The molecule has 0 aliphatic carbocycles. The quantitative estimate of drug-likeness (QED) is 0.905. The molecule has 1 aromatic carbocycles. The molecule has 1 aromatic heterocycles. The zero-order valence-electron chi connectivity index (χ0n) is 14.2. The molecular weight excluding hydrogens is 304 g/mol. The number of pyridine rings is 1. The highest BCUT2D eigenvalue weighted by Gasteiger charge is 2.25. The van der Waals surface area contributed by atoms with Crippen LogP contribution in [0, 0.1) is 0 Å². The molecule has 0 bridgehead atoms. The Morgan fingerprint density at radius 1 is 1.25 bits per heavy atom. The second-order valence-corrected chi connectivity index (χ2v) is 6.87. The normalized spacial score (nSPS) is 16.2. The predicted octanol–water partition coefficient (Wildman–Crippen LogP) is 4.04. The monoisotopic (exact) mass is 326 g/mol.